The molecule has 2 heterocycles. The molecule has 1 amide bonds. The first kappa shape index (κ1) is 20.1. The summed E-state index contributed by atoms with van der Waals surface area (Å²) in [7, 11) is 0. The fraction of sp³-hybridized carbons (Fsp3) is 0.500. The van der Waals surface area contributed by atoms with Crippen molar-refractivity contribution in [1.29, 1.82) is 0 Å². The van der Waals surface area contributed by atoms with Gasteiger partial charge < -0.3 is 15.1 Å². The van der Waals surface area contributed by atoms with Crippen LogP contribution in [0.4, 0.5) is 0 Å². The fourth-order valence-corrected chi connectivity index (χ4v) is 5.03. The summed E-state index contributed by atoms with van der Waals surface area (Å²) in [6.07, 6.45) is 0. The van der Waals surface area contributed by atoms with E-state index >= 15 is 0 Å². The quantitative estimate of drug-likeness (QED) is 0.650. The molecule has 0 spiro atoms. The molecule has 1 aromatic carbocycles. The van der Waals surface area contributed by atoms with E-state index in [9.17, 15) is 4.79 Å². The number of hydrogen-bond donors (Lipinski definition) is 3. The molecule has 1 aliphatic rings. The molecule has 1 saturated heterocycles. The Bertz CT molecular complexity index is 694. The highest BCUT2D eigenvalue weighted by Crippen LogP contribution is 2.20. The van der Waals surface area contributed by atoms with E-state index in [2.05, 4.69) is 60.1 Å². The minimum absolute atomic E-state index is 0.0265. The largest absolute Gasteiger partial charge is 0.347 e. The van der Waals surface area contributed by atoms with Gasteiger partial charge in [0.1, 0.15) is 38.8 Å². The molecule has 3 N–H and O–H groups in total. The van der Waals surface area contributed by atoms with Gasteiger partial charge in [0.05, 0.1) is 10.9 Å². The molecule has 27 heavy (non-hydrogen) atoms. The average Bonchev–Trinajstić information content (AvgIpc) is 3.18. The van der Waals surface area contributed by atoms with Crippen LogP contribution in [0.1, 0.15) is 37.3 Å². The molecule has 2 atom stereocenters. The van der Waals surface area contributed by atoms with Crippen LogP contribution in [0, 0.1) is 5.92 Å². The molecule has 0 saturated carbocycles. The summed E-state index contributed by atoms with van der Waals surface area (Å²) in [5.74, 6) is 0.176. The van der Waals surface area contributed by atoms with Crippen LogP contribution in [-0.2, 0) is 11.3 Å². The summed E-state index contributed by atoms with van der Waals surface area (Å²) in [4.78, 5) is 16.9. The van der Waals surface area contributed by atoms with Crippen molar-refractivity contribution in [2.75, 3.05) is 26.2 Å². The van der Waals surface area contributed by atoms with Crippen molar-refractivity contribution in [2.45, 2.75) is 39.4 Å². The fourth-order valence-electron chi connectivity index (χ4n) is 4.04. The van der Waals surface area contributed by atoms with Gasteiger partial charge in [-0.15, -0.1) is 11.3 Å². The van der Waals surface area contributed by atoms with Gasteiger partial charge in [-0.3, -0.25) is 4.79 Å². The van der Waals surface area contributed by atoms with Crippen LogP contribution in [0.15, 0.2) is 47.8 Å². The van der Waals surface area contributed by atoms with Crippen LogP contribution in [0.3, 0.4) is 0 Å². The van der Waals surface area contributed by atoms with E-state index in [0.29, 0.717) is 6.04 Å². The number of rotatable bonds is 7. The second-order valence-corrected chi connectivity index (χ2v) is 8.99. The third-order valence-corrected chi connectivity index (χ3v) is 6.54. The summed E-state index contributed by atoms with van der Waals surface area (Å²) < 4.78 is 0. The molecule has 1 aliphatic heterocycles. The monoisotopic (exact) mass is 387 g/mol. The zero-order chi connectivity index (χ0) is 19.2. The number of thiophene rings is 1. The highest BCUT2D eigenvalue weighted by atomic mass is 32.1. The molecular weight excluding hydrogens is 354 g/mol. The third-order valence-electron chi connectivity index (χ3n) is 5.58. The highest BCUT2D eigenvalue weighted by Gasteiger charge is 2.35. The Morgan fingerprint density at radius 3 is 2.33 bits per heavy atom. The predicted molar refractivity (Wildman–Crippen MR) is 111 cm³/mol. The summed E-state index contributed by atoms with van der Waals surface area (Å²) in [5.41, 5.74) is 1.42. The lowest BCUT2D eigenvalue weighted by atomic mass is 10.0. The number of nitrogens with one attached hydrogen (secondary N) is 3. The van der Waals surface area contributed by atoms with E-state index < -0.39 is 0 Å². The van der Waals surface area contributed by atoms with Crippen molar-refractivity contribution in [3.63, 3.8) is 0 Å². The second kappa shape index (κ2) is 9.49. The molecule has 0 bridgehead atoms. The van der Waals surface area contributed by atoms with Crippen LogP contribution in [0.5, 0.6) is 0 Å². The van der Waals surface area contributed by atoms with Crippen molar-refractivity contribution >= 4 is 17.2 Å². The lowest BCUT2D eigenvalue weighted by Crippen LogP contribution is -3.28. The van der Waals surface area contributed by atoms with Crippen LogP contribution in [-0.4, -0.2) is 38.1 Å². The van der Waals surface area contributed by atoms with Gasteiger partial charge in [-0.2, -0.15) is 0 Å². The van der Waals surface area contributed by atoms with Crippen molar-refractivity contribution in [3.05, 3.63) is 58.3 Å². The Morgan fingerprint density at radius 1 is 1.04 bits per heavy atom. The van der Waals surface area contributed by atoms with E-state index in [4.69, 9.17) is 0 Å². The highest BCUT2D eigenvalue weighted by molar-refractivity contribution is 7.10. The lowest BCUT2D eigenvalue weighted by Gasteiger charge is -2.37. The summed E-state index contributed by atoms with van der Waals surface area (Å²) >= 11 is 1.81. The van der Waals surface area contributed by atoms with Crippen LogP contribution in [0.2, 0.25) is 0 Å². The standard InChI is InChI=1S/C22H31N3OS/c1-17(2)22(26)23-18(3)21(20-10-7-15-27-20)25-13-11-24(12-14-25)16-19-8-5-4-6-9-19/h4-10,15,17-18,21H,11-14,16H2,1-3H3,(H,23,26)/p+2/t18-,21-/m0/s1. The molecule has 5 heteroatoms. The maximum atomic E-state index is 12.2. The van der Waals surface area contributed by atoms with Crippen molar-refractivity contribution in [3.8, 4) is 0 Å². The first-order valence-electron chi connectivity index (χ1n) is 10.1. The zero-order valence-corrected chi connectivity index (χ0v) is 17.5. The second-order valence-electron chi connectivity index (χ2n) is 8.02. The first-order chi connectivity index (χ1) is 13.0. The first-order valence-corrected chi connectivity index (χ1v) is 11.0. The van der Waals surface area contributed by atoms with Gasteiger partial charge >= 0.3 is 0 Å². The molecule has 0 aliphatic carbocycles. The Balaban J connectivity index is 1.63. The van der Waals surface area contributed by atoms with Gasteiger partial charge in [0.25, 0.3) is 0 Å². The summed E-state index contributed by atoms with van der Waals surface area (Å²) in [6, 6.07) is 15.6. The molecule has 0 unspecified atom stereocenters. The number of quaternary nitrogens is 2. The zero-order valence-electron chi connectivity index (χ0n) is 16.7. The van der Waals surface area contributed by atoms with Gasteiger partial charge in [0, 0.05) is 11.5 Å². The van der Waals surface area contributed by atoms with Gasteiger partial charge in [-0.25, -0.2) is 0 Å². The van der Waals surface area contributed by atoms with E-state index in [-0.39, 0.29) is 17.9 Å². The van der Waals surface area contributed by atoms with Gasteiger partial charge in [0.2, 0.25) is 5.91 Å². The Hall–Kier alpha value is -1.69. The SMILES string of the molecule is CC(C)C(=O)N[C@@H](C)[C@@H](c1cccs1)[NH+]1CC[NH+](Cc2ccccc2)CC1. The number of carbonyl (C=O) groups is 1. The molecule has 1 fully saturated rings. The van der Waals surface area contributed by atoms with Crippen molar-refractivity contribution in [1.82, 2.24) is 5.32 Å². The molecular formula is C22H33N3OS+2. The van der Waals surface area contributed by atoms with Gasteiger partial charge in [0.15, 0.2) is 0 Å². The van der Waals surface area contributed by atoms with E-state index in [1.165, 1.54) is 23.5 Å². The Kier molecular flexibility index (Phi) is 7.05. The summed E-state index contributed by atoms with van der Waals surface area (Å²) in [6.45, 7) is 11.8. The number of amides is 1. The predicted octanol–water partition coefficient (Wildman–Crippen LogP) is 0.934. The number of benzene rings is 1. The normalized spacial score (nSPS) is 22.4. The number of piperazine rings is 1. The van der Waals surface area contributed by atoms with Crippen LogP contribution >= 0.6 is 11.3 Å². The Labute approximate surface area is 167 Å². The smallest absolute Gasteiger partial charge is 0.222 e. The van der Waals surface area contributed by atoms with E-state index in [0.717, 1.165) is 19.6 Å². The van der Waals surface area contributed by atoms with E-state index in [1.54, 1.807) is 9.80 Å². The topological polar surface area (TPSA) is 38.0 Å². The van der Waals surface area contributed by atoms with Gasteiger partial charge in [-0.05, 0) is 18.4 Å². The molecule has 146 valence electrons. The van der Waals surface area contributed by atoms with Gasteiger partial charge in [-0.1, -0.05) is 50.2 Å². The maximum absolute atomic E-state index is 12.2. The molecule has 0 radical (unpaired) electrons. The molecule has 4 nitrogen and oxygen atoms in total. The van der Waals surface area contributed by atoms with Crippen LogP contribution in [0.25, 0.3) is 0 Å². The molecule has 2 aromatic rings. The lowest BCUT2D eigenvalue weighted by molar-refractivity contribution is -1.03. The third kappa shape index (κ3) is 5.41. The Morgan fingerprint density at radius 2 is 1.74 bits per heavy atom. The molecule has 1 aromatic heterocycles. The van der Waals surface area contributed by atoms with E-state index in [1.807, 2.05) is 25.2 Å². The van der Waals surface area contributed by atoms with Crippen LogP contribution < -0.4 is 15.1 Å². The molecule has 3 rings (SSSR count). The van der Waals surface area contributed by atoms with Crippen molar-refractivity contribution < 1.29 is 14.6 Å². The van der Waals surface area contributed by atoms with Crippen molar-refractivity contribution in [2.24, 2.45) is 5.92 Å². The minimum Gasteiger partial charge on any atom is -0.347 e. The number of carbonyl (C=O) groups excluding carboxylic acids is 1. The summed E-state index contributed by atoms with van der Waals surface area (Å²) in [5, 5.41) is 5.40. The average molecular weight is 388 g/mol. The number of hydrogen-bond acceptors (Lipinski definition) is 2. The maximum Gasteiger partial charge on any atom is 0.222 e. The minimum atomic E-state index is 0.0265.